The smallest absolute Gasteiger partial charge is 0.265 e. The van der Waals surface area contributed by atoms with Gasteiger partial charge in [0, 0.05) is 5.56 Å². The van der Waals surface area contributed by atoms with Gasteiger partial charge >= 0.3 is 0 Å². The van der Waals surface area contributed by atoms with Crippen LogP contribution in [0.4, 0.5) is 0 Å². The maximum absolute atomic E-state index is 11.4. The quantitative estimate of drug-likeness (QED) is 0.377. The number of hydrogen-bond donors (Lipinski definition) is 2. The van der Waals surface area contributed by atoms with Crippen LogP contribution in [0.3, 0.4) is 0 Å². The Morgan fingerprint density at radius 1 is 1.21 bits per heavy atom. The highest BCUT2D eigenvalue weighted by Crippen LogP contribution is 2.21. The minimum Gasteiger partial charge on any atom is -0.488 e. The lowest BCUT2D eigenvalue weighted by Crippen LogP contribution is -2.30. The molecule has 0 aliphatic carbocycles. The number of carbonyl (C=O) groups excluding carboxylic acids is 1. The first kappa shape index (κ1) is 13.8. The van der Waals surface area contributed by atoms with Gasteiger partial charge in [0.25, 0.3) is 5.91 Å². The summed E-state index contributed by atoms with van der Waals surface area (Å²) in [7, 11) is 0. The van der Waals surface area contributed by atoms with Gasteiger partial charge in [0.1, 0.15) is 12.4 Å². The maximum atomic E-state index is 11.4. The molecular weight excluding hydrogens is 355 g/mol. The largest absolute Gasteiger partial charge is 0.488 e. The third kappa shape index (κ3) is 3.68. The standard InChI is InChI=1S/C14H13IN2O2/c15-12-6-1-2-7-13(12)19-9-10-4-3-5-11(8-10)14(18)17-16/h1-8H,9,16H2,(H,17,18). The van der Waals surface area contributed by atoms with E-state index in [9.17, 15) is 4.79 Å². The van der Waals surface area contributed by atoms with Crippen LogP contribution in [0.15, 0.2) is 48.5 Å². The Morgan fingerprint density at radius 3 is 2.74 bits per heavy atom. The number of nitrogen functional groups attached to an aromatic ring is 1. The zero-order valence-electron chi connectivity index (χ0n) is 10.1. The van der Waals surface area contributed by atoms with Crippen LogP contribution in [0.2, 0.25) is 0 Å². The number of hydrazine groups is 1. The number of nitrogens with two attached hydrogens (primary N) is 1. The lowest BCUT2D eigenvalue weighted by atomic mass is 10.1. The van der Waals surface area contributed by atoms with Crippen LogP contribution < -0.4 is 16.0 Å². The van der Waals surface area contributed by atoms with E-state index >= 15 is 0 Å². The van der Waals surface area contributed by atoms with Gasteiger partial charge in [-0.15, -0.1) is 0 Å². The van der Waals surface area contributed by atoms with Gasteiger partial charge in [-0.1, -0.05) is 24.3 Å². The number of nitrogens with one attached hydrogen (secondary N) is 1. The summed E-state index contributed by atoms with van der Waals surface area (Å²) in [6.45, 7) is 0.408. The van der Waals surface area contributed by atoms with Gasteiger partial charge < -0.3 is 4.74 Å². The number of carbonyl (C=O) groups is 1. The fourth-order valence-electron chi connectivity index (χ4n) is 1.61. The molecule has 2 aromatic rings. The molecule has 0 spiro atoms. The third-order valence-electron chi connectivity index (χ3n) is 2.55. The van der Waals surface area contributed by atoms with Gasteiger partial charge in [0.15, 0.2) is 0 Å². The SMILES string of the molecule is NNC(=O)c1cccc(COc2ccccc2I)c1. The van der Waals surface area contributed by atoms with E-state index in [1.807, 2.05) is 30.3 Å². The fourth-order valence-corrected chi connectivity index (χ4v) is 2.15. The molecule has 0 radical (unpaired) electrons. The Morgan fingerprint density at radius 2 is 2.00 bits per heavy atom. The molecule has 0 aliphatic rings. The van der Waals surface area contributed by atoms with Crippen LogP contribution in [0.5, 0.6) is 5.75 Å². The molecular formula is C14H13IN2O2. The monoisotopic (exact) mass is 368 g/mol. The molecule has 19 heavy (non-hydrogen) atoms. The van der Waals surface area contributed by atoms with E-state index in [1.54, 1.807) is 18.2 Å². The summed E-state index contributed by atoms with van der Waals surface area (Å²) in [6.07, 6.45) is 0. The van der Waals surface area contributed by atoms with Crippen molar-refractivity contribution in [3.8, 4) is 5.75 Å². The summed E-state index contributed by atoms with van der Waals surface area (Å²) >= 11 is 2.22. The molecule has 0 fully saturated rings. The van der Waals surface area contributed by atoms with Crippen molar-refractivity contribution in [2.24, 2.45) is 5.84 Å². The second-order valence-electron chi connectivity index (χ2n) is 3.89. The predicted molar refractivity (Wildman–Crippen MR) is 81.6 cm³/mol. The topological polar surface area (TPSA) is 64.3 Å². The normalized spacial score (nSPS) is 10.0. The average molecular weight is 368 g/mol. The number of para-hydroxylation sites is 1. The van der Waals surface area contributed by atoms with Gasteiger partial charge in [-0.3, -0.25) is 10.2 Å². The lowest BCUT2D eigenvalue weighted by Gasteiger charge is -2.09. The van der Waals surface area contributed by atoms with Gasteiger partial charge in [0.2, 0.25) is 0 Å². The predicted octanol–water partition coefficient (Wildman–Crippen LogP) is 2.47. The summed E-state index contributed by atoms with van der Waals surface area (Å²) in [6, 6.07) is 15.0. The molecule has 2 rings (SSSR count). The molecule has 0 unspecified atom stereocenters. The second-order valence-corrected chi connectivity index (χ2v) is 5.06. The van der Waals surface area contributed by atoms with Crippen molar-refractivity contribution in [2.45, 2.75) is 6.61 Å². The summed E-state index contributed by atoms with van der Waals surface area (Å²) in [5.41, 5.74) is 3.55. The van der Waals surface area contributed by atoms with E-state index in [0.717, 1.165) is 14.9 Å². The summed E-state index contributed by atoms with van der Waals surface area (Å²) in [5.74, 6) is 5.63. The van der Waals surface area contributed by atoms with E-state index in [-0.39, 0.29) is 5.91 Å². The third-order valence-corrected chi connectivity index (χ3v) is 3.44. The number of benzene rings is 2. The highest BCUT2D eigenvalue weighted by molar-refractivity contribution is 14.1. The minimum absolute atomic E-state index is 0.309. The second kappa shape index (κ2) is 6.53. The maximum Gasteiger partial charge on any atom is 0.265 e. The molecule has 2 aromatic carbocycles. The molecule has 0 saturated carbocycles. The van der Waals surface area contributed by atoms with Crippen molar-refractivity contribution < 1.29 is 9.53 Å². The molecule has 0 heterocycles. The summed E-state index contributed by atoms with van der Waals surface area (Å²) < 4.78 is 6.77. The van der Waals surface area contributed by atoms with Gasteiger partial charge in [0.05, 0.1) is 3.57 Å². The van der Waals surface area contributed by atoms with Crippen molar-refractivity contribution in [1.82, 2.24) is 5.43 Å². The Balaban J connectivity index is 2.08. The van der Waals surface area contributed by atoms with Crippen LogP contribution in [-0.2, 0) is 6.61 Å². The van der Waals surface area contributed by atoms with E-state index in [0.29, 0.717) is 12.2 Å². The van der Waals surface area contributed by atoms with Crippen LogP contribution in [0.1, 0.15) is 15.9 Å². The molecule has 0 aliphatic heterocycles. The van der Waals surface area contributed by atoms with E-state index in [1.165, 1.54) is 0 Å². The van der Waals surface area contributed by atoms with E-state index < -0.39 is 0 Å². The molecule has 5 heteroatoms. The molecule has 0 bridgehead atoms. The highest BCUT2D eigenvalue weighted by Gasteiger charge is 2.05. The van der Waals surface area contributed by atoms with Gasteiger partial charge in [-0.2, -0.15) is 0 Å². The summed E-state index contributed by atoms with van der Waals surface area (Å²) in [4.78, 5) is 11.4. The van der Waals surface area contributed by atoms with Crippen molar-refractivity contribution in [2.75, 3.05) is 0 Å². The van der Waals surface area contributed by atoms with Crippen molar-refractivity contribution >= 4 is 28.5 Å². The minimum atomic E-state index is -0.309. The summed E-state index contributed by atoms with van der Waals surface area (Å²) in [5, 5.41) is 0. The van der Waals surface area contributed by atoms with Gasteiger partial charge in [-0.25, -0.2) is 5.84 Å². The Labute approximate surface area is 125 Å². The zero-order chi connectivity index (χ0) is 13.7. The highest BCUT2D eigenvalue weighted by atomic mass is 127. The number of amides is 1. The van der Waals surface area contributed by atoms with Crippen molar-refractivity contribution in [3.63, 3.8) is 0 Å². The molecule has 3 N–H and O–H groups in total. The zero-order valence-corrected chi connectivity index (χ0v) is 12.3. The van der Waals surface area contributed by atoms with Crippen molar-refractivity contribution in [1.29, 1.82) is 0 Å². The first-order chi connectivity index (χ1) is 9.20. The number of rotatable bonds is 4. The molecule has 98 valence electrons. The molecule has 0 aromatic heterocycles. The first-order valence-corrected chi connectivity index (χ1v) is 6.76. The molecule has 4 nitrogen and oxygen atoms in total. The first-order valence-electron chi connectivity index (χ1n) is 5.68. The Kier molecular flexibility index (Phi) is 4.75. The van der Waals surface area contributed by atoms with Crippen LogP contribution in [-0.4, -0.2) is 5.91 Å². The van der Waals surface area contributed by atoms with Crippen molar-refractivity contribution in [3.05, 3.63) is 63.2 Å². The van der Waals surface area contributed by atoms with Gasteiger partial charge in [-0.05, 0) is 52.4 Å². The van der Waals surface area contributed by atoms with E-state index in [2.05, 4.69) is 28.0 Å². The van der Waals surface area contributed by atoms with E-state index in [4.69, 9.17) is 10.6 Å². The van der Waals surface area contributed by atoms with Crippen LogP contribution in [0, 0.1) is 3.57 Å². The lowest BCUT2D eigenvalue weighted by molar-refractivity contribution is 0.0953. The fraction of sp³-hybridized carbons (Fsp3) is 0.0714. The Hall–Kier alpha value is -1.60. The number of hydrogen-bond acceptors (Lipinski definition) is 3. The molecule has 0 atom stereocenters. The number of ether oxygens (including phenoxy) is 1. The van der Waals surface area contributed by atoms with Crippen LogP contribution >= 0.6 is 22.6 Å². The average Bonchev–Trinajstić information content (AvgIpc) is 2.46. The number of halogens is 1. The van der Waals surface area contributed by atoms with Crippen LogP contribution in [0.25, 0.3) is 0 Å². The molecule has 0 saturated heterocycles. The molecule has 1 amide bonds. The Bertz CT molecular complexity index is 587.